The number of nitro benzene ring substituents is 1. The van der Waals surface area contributed by atoms with Crippen molar-refractivity contribution in [1.29, 1.82) is 0 Å². The molecule has 0 unspecified atom stereocenters. The van der Waals surface area contributed by atoms with E-state index in [2.05, 4.69) is 10.5 Å². The Bertz CT molecular complexity index is 1300. The van der Waals surface area contributed by atoms with Crippen LogP contribution in [0.15, 0.2) is 90.2 Å². The van der Waals surface area contributed by atoms with Crippen LogP contribution in [-0.2, 0) is 0 Å². The highest BCUT2D eigenvalue weighted by molar-refractivity contribution is 5.95. The Labute approximate surface area is 189 Å². The van der Waals surface area contributed by atoms with E-state index in [4.69, 9.17) is 9.84 Å². The van der Waals surface area contributed by atoms with Crippen molar-refractivity contribution in [2.75, 3.05) is 7.11 Å². The first-order valence-electron chi connectivity index (χ1n) is 9.92. The van der Waals surface area contributed by atoms with Gasteiger partial charge in [0.1, 0.15) is 11.4 Å². The van der Waals surface area contributed by atoms with Crippen LogP contribution in [0.2, 0.25) is 0 Å². The summed E-state index contributed by atoms with van der Waals surface area (Å²) in [5, 5.41) is 19.5. The maximum atomic E-state index is 12.3. The third-order valence-corrected chi connectivity index (χ3v) is 4.84. The zero-order valence-electron chi connectivity index (χ0n) is 17.6. The average molecular weight is 441 g/mol. The molecule has 0 saturated heterocycles. The number of hydrazone groups is 1. The third kappa shape index (κ3) is 4.93. The molecule has 0 spiro atoms. The van der Waals surface area contributed by atoms with Crippen LogP contribution in [-0.4, -0.2) is 33.9 Å². The van der Waals surface area contributed by atoms with Crippen molar-refractivity contribution >= 4 is 17.8 Å². The number of nitrogens with zero attached hydrogens (tertiary/aromatic N) is 4. The highest BCUT2D eigenvalue weighted by atomic mass is 16.6. The van der Waals surface area contributed by atoms with E-state index in [0.717, 1.165) is 17.0 Å². The molecule has 4 rings (SSSR count). The third-order valence-electron chi connectivity index (χ3n) is 4.84. The quantitative estimate of drug-likeness (QED) is 0.262. The number of aromatic nitrogens is 2. The summed E-state index contributed by atoms with van der Waals surface area (Å²) in [5.74, 6) is 0.245. The van der Waals surface area contributed by atoms with E-state index in [1.807, 2.05) is 60.8 Å². The van der Waals surface area contributed by atoms with Gasteiger partial charge in [-0.2, -0.15) is 10.2 Å². The molecule has 4 aromatic rings. The molecule has 1 aromatic heterocycles. The Morgan fingerprint density at radius 2 is 1.76 bits per heavy atom. The molecule has 0 radical (unpaired) electrons. The molecular formula is C24H19N5O4. The molecule has 1 heterocycles. The summed E-state index contributed by atoms with van der Waals surface area (Å²) in [5.41, 5.74) is 5.71. The zero-order chi connectivity index (χ0) is 23.2. The van der Waals surface area contributed by atoms with E-state index in [9.17, 15) is 14.9 Å². The number of rotatable bonds is 7. The van der Waals surface area contributed by atoms with E-state index in [1.165, 1.54) is 30.5 Å². The molecule has 0 aliphatic heterocycles. The van der Waals surface area contributed by atoms with Crippen molar-refractivity contribution in [3.63, 3.8) is 0 Å². The summed E-state index contributed by atoms with van der Waals surface area (Å²) in [6.45, 7) is 0. The van der Waals surface area contributed by atoms with Gasteiger partial charge in [0.05, 0.1) is 23.9 Å². The van der Waals surface area contributed by atoms with Gasteiger partial charge in [0.25, 0.3) is 11.6 Å². The van der Waals surface area contributed by atoms with Crippen LogP contribution < -0.4 is 10.2 Å². The molecule has 0 bridgehead atoms. The smallest absolute Gasteiger partial charge is 0.271 e. The second kappa shape index (κ2) is 9.56. The second-order valence-corrected chi connectivity index (χ2v) is 6.94. The van der Waals surface area contributed by atoms with E-state index < -0.39 is 10.8 Å². The standard InChI is InChI=1S/C24H19N5O4/c1-33-22-13-9-17(10-14-22)23-19(16-28(27-23)20-5-3-2-4-6-20)15-25-26-24(30)18-7-11-21(12-8-18)29(31)32/h2-16H,1H3,(H,26,30)/b25-15-. The Kier molecular flexibility index (Phi) is 6.21. The van der Waals surface area contributed by atoms with Crippen LogP contribution in [0.3, 0.4) is 0 Å². The fourth-order valence-electron chi connectivity index (χ4n) is 3.13. The van der Waals surface area contributed by atoms with Crippen LogP contribution in [0.4, 0.5) is 5.69 Å². The van der Waals surface area contributed by atoms with Crippen LogP contribution >= 0.6 is 0 Å². The minimum absolute atomic E-state index is 0.0903. The molecule has 1 amide bonds. The summed E-state index contributed by atoms with van der Waals surface area (Å²) < 4.78 is 6.96. The topological polar surface area (TPSA) is 112 Å². The predicted molar refractivity (Wildman–Crippen MR) is 124 cm³/mol. The number of carbonyl (C=O) groups is 1. The maximum absolute atomic E-state index is 12.3. The fourth-order valence-corrected chi connectivity index (χ4v) is 3.13. The molecule has 33 heavy (non-hydrogen) atoms. The summed E-state index contributed by atoms with van der Waals surface area (Å²) in [7, 11) is 1.60. The van der Waals surface area contributed by atoms with Crippen molar-refractivity contribution in [2.45, 2.75) is 0 Å². The Hall–Kier alpha value is -4.79. The number of benzene rings is 3. The molecule has 1 N–H and O–H groups in total. The number of nitro groups is 1. The molecular weight excluding hydrogens is 422 g/mol. The van der Waals surface area contributed by atoms with E-state index in [0.29, 0.717) is 11.3 Å². The number of non-ortho nitro benzene ring substituents is 1. The molecule has 0 atom stereocenters. The number of hydrogen-bond acceptors (Lipinski definition) is 6. The van der Waals surface area contributed by atoms with Gasteiger partial charge in [0, 0.05) is 35.0 Å². The van der Waals surface area contributed by atoms with Gasteiger partial charge in [-0.1, -0.05) is 18.2 Å². The Morgan fingerprint density at radius 1 is 1.06 bits per heavy atom. The number of methoxy groups -OCH3 is 1. The second-order valence-electron chi connectivity index (χ2n) is 6.94. The van der Waals surface area contributed by atoms with Crippen molar-refractivity contribution in [2.24, 2.45) is 5.10 Å². The molecule has 0 fully saturated rings. The van der Waals surface area contributed by atoms with Gasteiger partial charge < -0.3 is 4.74 Å². The van der Waals surface area contributed by atoms with Crippen LogP contribution in [0.1, 0.15) is 15.9 Å². The lowest BCUT2D eigenvalue weighted by Crippen LogP contribution is -2.17. The number of nitrogens with one attached hydrogen (secondary N) is 1. The number of amides is 1. The normalized spacial score (nSPS) is 10.8. The van der Waals surface area contributed by atoms with Gasteiger partial charge in [0.2, 0.25) is 0 Å². The van der Waals surface area contributed by atoms with Crippen LogP contribution in [0.25, 0.3) is 16.9 Å². The van der Waals surface area contributed by atoms with Gasteiger partial charge in [-0.25, -0.2) is 10.1 Å². The van der Waals surface area contributed by atoms with Gasteiger partial charge >= 0.3 is 0 Å². The van der Waals surface area contributed by atoms with Crippen molar-refractivity contribution in [1.82, 2.24) is 15.2 Å². The van der Waals surface area contributed by atoms with Crippen molar-refractivity contribution < 1.29 is 14.5 Å². The predicted octanol–water partition coefficient (Wildman–Crippen LogP) is 4.22. The summed E-state index contributed by atoms with van der Waals surface area (Å²) in [4.78, 5) is 22.6. The molecule has 9 nitrogen and oxygen atoms in total. The minimum Gasteiger partial charge on any atom is -0.497 e. The highest BCUT2D eigenvalue weighted by Gasteiger charge is 2.12. The highest BCUT2D eigenvalue weighted by Crippen LogP contribution is 2.25. The minimum atomic E-state index is -0.523. The van der Waals surface area contributed by atoms with Crippen LogP contribution in [0, 0.1) is 10.1 Å². The number of carbonyl (C=O) groups excluding carboxylic acids is 1. The fraction of sp³-hybridized carbons (Fsp3) is 0.0417. The molecule has 164 valence electrons. The largest absolute Gasteiger partial charge is 0.497 e. The number of hydrogen-bond donors (Lipinski definition) is 1. The van der Waals surface area contributed by atoms with Crippen molar-refractivity contribution in [3.05, 3.63) is 106 Å². The van der Waals surface area contributed by atoms with Gasteiger partial charge in [-0.15, -0.1) is 0 Å². The molecule has 3 aromatic carbocycles. The van der Waals surface area contributed by atoms with Crippen LogP contribution in [0.5, 0.6) is 5.75 Å². The first-order valence-corrected chi connectivity index (χ1v) is 9.92. The molecule has 9 heteroatoms. The van der Waals surface area contributed by atoms with E-state index >= 15 is 0 Å². The first-order chi connectivity index (χ1) is 16.0. The van der Waals surface area contributed by atoms with Gasteiger partial charge in [-0.05, 0) is 48.5 Å². The number of para-hydroxylation sites is 1. The SMILES string of the molecule is COc1ccc(-c2nn(-c3ccccc3)cc2/C=N\NC(=O)c2ccc([N+](=O)[O-])cc2)cc1. The van der Waals surface area contributed by atoms with Gasteiger partial charge in [-0.3, -0.25) is 14.9 Å². The Balaban J connectivity index is 1.59. The summed E-state index contributed by atoms with van der Waals surface area (Å²) >= 11 is 0. The summed E-state index contributed by atoms with van der Waals surface area (Å²) in [6.07, 6.45) is 3.33. The van der Waals surface area contributed by atoms with Gasteiger partial charge in [0.15, 0.2) is 0 Å². The lowest BCUT2D eigenvalue weighted by atomic mass is 10.1. The molecule has 0 aliphatic carbocycles. The number of ether oxygens (including phenoxy) is 1. The monoisotopic (exact) mass is 441 g/mol. The zero-order valence-corrected chi connectivity index (χ0v) is 17.6. The first kappa shape index (κ1) is 21.4. The molecule has 0 aliphatic rings. The maximum Gasteiger partial charge on any atom is 0.271 e. The van der Waals surface area contributed by atoms with E-state index in [-0.39, 0.29) is 11.3 Å². The average Bonchev–Trinajstić information content (AvgIpc) is 3.29. The van der Waals surface area contributed by atoms with E-state index in [1.54, 1.807) is 11.8 Å². The lowest BCUT2D eigenvalue weighted by molar-refractivity contribution is -0.384. The Morgan fingerprint density at radius 3 is 2.39 bits per heavy atom. The van der Waals surface area contributed by atoms with Crippen molar-refractivity contribution in [3.8, 4) is 22.7 Å². The summed E-state index contributed by atoms with van der Waals surface area (Å²) in [6, 6.07) is 22.4. The molecule has 0 saturated carbocycles. The lowest BCUT2D eigenvalue weighted by Gasteiger charge is -2.03.